The molecule has 0 unspecified atom stereocenters. The fourth-order valence-electron chi connectivity index (χ4n) is 5.05. The van der Waals surface area contributed by atoms with E-state index < -0.39 is 17.7 Å². The van der Waals surface area contributed by atoms with E-state index in [1.807, 2.05) is 39.0 Å². The van der Waals surface area contributed by atoms with Crippen LogP contribution in [0, 0.1) is 6.92 Å². The first-order valence-electron chi connectivity index (χ1n) is 14.0. The third kappa shape index (κ3) is 6.72. The van der Waals surface area contributed by atoms with Gasteiger partial charge in [0.2, 0.25) is 0 Å². The number of amides is 1. The lowest BCUT2D eigenvalue weighted by atomic mass is 9.95. The summed E-state index contributed by atoms with van der Waals surface area (Å²) in [5.41, 5.74) is 3.14. The number of carbonyl (C=O) groups is 2. The van der Waals surface area contributed by atoms with Crippen LogP contribution in [0.4, 0.5) is 0 Å². The van der Waals surface area contributed by atoms with E-state index in [4.69, 9.17) is 9.47 Å². The number of rotatable bonds is 12. The number of phenolic OH excluding ortho intramolecular Hbond substituents is 1. The fourth-order valence-corrected chi connectivity index (χ4v) is 5.05. The van der Waals surface area contributed by atoms with Crippen LogP contribution in [0.15, 0.2) is 72.3 Å². The normalized spacial score (nSPS) is 16.4. The monoisotopic (exact) mass is 558 g/mol. The Hall–Kier alpha value is -4.30. The Balaban J connectivity index is 1.68. The maximum absolute atomic E-state index is 13.4. The van der Waals surface area contributed by atoms with Crippen molar-refractivity contribution < 1.29 is 29.3 Å². The summed E-state index contributed by atoms with van der Waals surface area (Å²) in [6, 6.07) is 18.7. The molecule has 1 atom stereocenters. The van der Waals surface area contributed by atoms with E-state index in [-0.39, 0.29) is 22.8 Å². The number of phenols is 1. The SMILES string of the molecule is CCOc1cc([C@H]2/C(=C(\O)c3ccc(OCc4cccc(C)c4)cc3)C(=O)C(=O)N2CCN(CC)CC)ccc1O. The lowest BCUT2D eigenvalue weighted by Gasteiger charge is -2.28. The van der Waals surface area contributed by atoms with Gasteiger partial charge in [-0.1, -0.05) is 49.7 Å². The maximum atomic E-state index is 13.4. The molecule has 0 saturated carbocycles. The molecule has 0 spiro atoms. The Morgan fingerprint density at radius 2 is 1.68 bits per heavy atom. The molecule has 4 rings (SSSR count). The van der Waals surface area contributed by atoms with Crippen molar-refractivity contribution in [2.75, 3.05) is 32.8 Å². The van der Waals surface area contributed by atoms with Crippen LogP contribution in [0.2, 0.25) is 0 Å². The van der Waals surface area contributed by atoms with Crippen molar-refractivity contribution in [3.63, 3.8) is 0 Å². The molecule has 2 N–H and O–H groups in total. The Kier molecular flexibility index (Phi) is 9.68. The average Bonchev–Trinajstić information content (AvgIpc) is 3.23. The molecule has 0 aliphatic carbocycles. The zero-order valence-electron chi connectivity index (χ0n) is 24.1. The van der Waals surface area contributed by atoms with Gasteiger partial charge in [0, 0.05) is 18.7 Å². The smallest absolute Gasteiger partial charge is 0.295 e. The van der Waals surface area contributed by atoms with Crippen LogP contribution in [0.5, 0.6) is 17.2 Å². The summed E-state index contributed by atoms with van der Waals surface area (Å²) in [5.74, 6) is -0.883. The minimum Gasteiger partial charge on any atom is -0.507 e. The minimum atomic E-state index is -0.845. The minimum absolute atomic E-state index is 0.00360. The molecular weight excluding hydrogens is 520 g/mol. The number of aliphatic hydroxyl groups is 1. The summed E-state index contributed by atoms with van der Waals surface area (Å²) in [5, 5.41) is 21.7. The van der Waals surface area contributed by atoms with Gasteiger partial charge < -0.3 is 29.5 Å². The number of likely N-dealkylation sites (tertiary alicyclic amines) is 1. The number of nitrogens with zero attached hydrogens (tertiary/aromatic N) is 2. The predicted molar refractivity (Wildman–Crippen MR) is 158 cm³/mol. The number of likely N-dealkylation sites (N-methyl/N-ethyl adjacent to an activating group) is 1. The van der Waals surface area contributed by atoms with Crippen molar-refractivity contribution in [3.8, 4) is 17.2 Å². The molecule has 1 aliphatic heterocycles. The number of aliphatic hydroxyl groups excluding tert-OH is 1. The van der Waals surface area contributed by atoms with Gasteiger partial charge in [-0.05, 0) is 74.5 Å². The second-order valence-corrected chi connectivity index (χ2v) is 9.98. The number of ether oxygens (including phenoxy) is 2. The van der Waals surface area contributed by atoms with Gasteiger partial charge in [0.15, 0.2) is 11.5 Å². The molecule has 3 aromatic carbocycles. The highest BCUT2D eigenvalue weighted by atomic mass is 16.5. The third-order valence-corrected chi connectivity index (χ3v) is 7.31. The van der Waals surface area contributed by atoms with E-state index in [0.29, 0.717) is 43.2 Å². The van der Waals surface area contributed by atoms with Crippen LogP contribution in [0.3, 0.4) is 0 Å². The molecule has 0 bridgehead atoms. The molecule has 8 heteroatoms. The molecule has 1 amide bonds. The van der Waals surface area contributed by atoms with Gasteiger partial charge in [-0.3, -0.25) is 9.59 Å². The lowest BCUT2D eigenvalue weighted by molar-refractivity contribution is -0.140. The third-order valence-electron chi connectivity index (χ3n) is 7.31. The summed E-state index contributed by atoms with van der Waals surface area (Å²) in [4.78, 5) is 30.4. The second kappa shape index (κ2) is 13.4. The first-order chi connectivity index (χ1) is 19.8. The van der Waals surface area contributed by atoms with Gasteiger partial charge >= 0.3 is 0 Å². The number of aryl methyl sites for hydroxylation is 1. The summed E-state index contributed by atoms with van der Waals surface area (Å²) >= 11 is 0. The number of benzene rings is 3. The van der Waals surface area contributed by atoms with Crippen LogP contribution < -0.4 is 9.47 Å². The topological polar surface area (TPSA) is 99.5 Å². The van der Waals surface area contributed by atoms with Crippen molar-refractivity contribution in [2.24, 2.45) is 0 Å². The van der Waals surface area contributed by atoms with E-state index in [1.54, 1.807) is 43.3 Å². The molecule has 1 fully saturated rings. The molecular formula is C33H38N2O6. The number of Topliss-reactive ketones (excluding diaryl/α,β-unsaturated/α-hetero) is 1. The largest absolute Gasteiger partial charge is 0.507 e. The van der Waals surface area contributed by atoms with Crippen molar-refractivity contribution in [3.05, 3.63) is 94.6 Å². The standard InChI is InChI=1S/C33H38N2O6/c1-5-34(6-2)17-18-35-30(25-13-16-27(36)28(20-25)40-7-3)29(32(38)33(35)39)31(37)24-11-14-26(15-12-24)41-21-23-10-8-9-22(4)19-23/h8-16,19-20,30,36-37H,5-7,17-18,21H2,1-4H3/b31-29+/t30-/m0/s1. The molecule has 1 saturated heterocycles. The Bertz CT molecular complexity index is 1410. The van der Waals surface area contributed by atoms with Crippen LogP contribution in [-0.4, -0.2) is 64.5 Å². The molecule has 0 radical (unpaired) electrons. The zero-order valence-corrected chi connectivity index (χ0v) is 24.1. The van der Waals surface area contributed by atoms with Gasteiger partial charge in [-0.25, -0.2) is 0 Å². The van der Waals surface area contributed by atoms with E-state index >= 15 is 0 Å². The number of hydrogen-bond donors (Lipinski definition) is 2. The molecule has 216 valence electrons. The van der Waals surface area contributed by atoms with Gasteiger partial charge in [0.25, 0.3) is 11.7 Å². The van der Waals surface area contributed by atoms with Crippen LogP contribution in [0.25, 0.3) is 5.76 Å². The summed E-state index contributed by atoms with van der Waals surface area (Å²) < 4.78 is 11.5. The first kappa shape index (κ1) is 29.7. The summed E-state index contributed by atoms with van der Waals surface area (Å²) in [7, 11) is 0. The molecule has 1 heterocycles. The molecule has 1 aliphatic rings. The van der Waals surface area contributed by atoms with Crippen molar-refractivity contribution >= 4 is 17.4 Å². The van der Waals surface area contributed by atoms with Crippen molar-refractivity contribution in [1.82, 2.24) is 9.80 Å². The summed E-state index contributed by atoms with van der Waals surface area (Å²) in [6.07, 6.45) is 0. The fraction of sp³-hybridized carbons (Fsp3) is 0.333. The van der Waals surface area contributed by atoms with Gasteiger partial charge in [0.1, 0.15) is 18.1 Å². The lowest BCUT2D eigenvalue weighted by Crippen LogP contribution is -2.38. The number of hydrogen-bond acceptors (Lipinski definition) is 7. The highest BCUT2D eigenvalue weighted by molar-refractivity contribution is 6.46. The molecule has 8 nitrogen and oxygen atoms in total. The predicted octanol–water partition coefficient (Wildman–Crippen LogP) is 5.44. The van der Waals surface area contributed by atoms with Crippen molar-refractivity contribution in [2.45, 2.75) is 40.3 Å². The number of aromatic hydroxyl groups is 1. The highest BCUT2D eigenvalue weighted by Crippen LogP contribution is 2.42. The molecule has 41 heavy (non-hydrogen) atoms. The van der Waals surface area contributed by atoms with E-state index in [9.17, 15) is 19.8 Å². The maximum Gasteiger partial charge on any atom is 0.295 e. The Labute approximate surface area is 241 Å². The quantitative estimate of drug-likeness (QED) is 0.173. The average molecular weight is 559 g/mol. The first-order valence-corrected chi connectivity index (χ1v) is 14.0. The molecule has 3 aromatic rings. The summed E-state index contributed by atoms with van der Waals surface area (Å²) in [6.45, 7) is 11.1. The van der Waals surface area contributed by atoms with Gasteiger partial charge in [0.05, 0.1) is 18.2 Å². The molecule has 0 aromatic heterocycles. The zero-order chi connectivity index (χ0) is 29.5. The van der Waals surface area contributed by atoms with Crippen LogP contribution >= 0.6 is 0 Å². The highest BCUT2D eigenvalue weighted by Gasteiger charge is 2.46. The van der Waals surface area contributed by atoms with Crippen LogP contribution in [-0.2, 0) is 16.2 Å². The van der Waals surface area contributed by atoms with Gasteiger partial charge in [-0.15, -0.1) is 0 Å². The van der Waals surface area contributed by atoms with Crippen LogP contribution in [0.1, 0.15) is 49.1 Å². The van der Waals surface area contributed by atoms with Crippen molar-refractivity contribution in [1.29, 1.82) is 0 Å². The Morgan fingerprint density at radius 1 is 0.951 bits per heavy atom. The Morgan fingerprint density at radius 3 is 2.34 bits per heavy atom. The number of ketones is 1. The van der Waals surface area contributed by atoms with E-state index in [0.717, 1.165) is 24.2 Å². The number of carbonyl (C=O) groups excluding carboxylic acids is 2. The van der Waals surface area contributed by atoms with E-state index in [2.05, 4.69) is 11.0 Å². The van der Waals surface area contributed by atoms with Gasteiger partial charge in [-0.2, -0.15) is 0 Å². The second-order valence-electron chi connectivity index (χ2n) is 9.98. The van der Waals surface area contributed by atoms with E-state index in [1.165, 1.54) is 11.0 Å².